The number of carbonyl (C=O) groups is 1. The van der Waals surface area contributed by atoms with E-state index >= 15 is 0 Å². The van der Waals surface area contributed by atoms with Gasteiger partial charge in [0.15, 0.2) is 5.56 Å². The molecule has 2 aliphatic rings. The number of hydrogen-bond donors (Lipinski definition) is 4. The number of aromatic nitrogens is 3. The van der Waals surface area contributed by atoms with Gasteiger partial charge in [0.25, 0.3) is 5.91 Å². The molecule has 1 atom stereocenters. The summed E-state index contributed by atoms with van der Waals surface area (Å²) in [4.78, 5) is 25.3. The fourth-order valence-corrected chi connectivity index (χ4v) is 5.27. The number of hydrogen-bond acceptors (Lipinski definition) is 8. The van der Waals surface area contributed by atoms with E-state index in [1.54, 1.807) is 18.3 Å². The molecule has 1 aliphatic carbocycles. The molecule has 180 valence electrons. The van der Waals surface area contributed by atoms with Crippen LogP contribution in [0.4, 0.5) is 5.95 Å². The summed E-state index contributed by atoms with van der Waals surface area (Å²) in [6, 6.07) is 15.1. The molecule has 1 saturated carbocycles. The minimum atomic E-state index is -0.902. The van der Waals surface area contributed by atoms with Gasteiger partial charge in [-0.1, -0.05) is 36.0 Å². The maximum atomic E-state index is 11.8. The second kappa shape index (κ2) is 11.0. The highest BCUT2D eigenvalue weighted by atomic mass is 32.2. The number of pyridine rings is 1. The first-order valence-electron chi connectivity index (χ1n) is 11.8. The zero-order chi connectivity index (χ0) is 24.0. The van der Waals surface area contributed by atoms with Gasteiger partial charge in [-0.05, 0) is 66.6 Å². The molecule has 1 amide bonds. The van der Waals surface area contributed by atoms with Crippen molar-refractivity contribution in [2.24, 2.45) is 0 Å². The lowest BCUT2D eigenvalue weighted by Gasteiger charge is -2.30. The molecule has 2 aromatic heterocycles. The third-order valence-corrected chi connectivity index (χ3v) is 7.22. The summed E-state index contributed by atoms with van der Waals surface area (Å²) >= 11 is 1.08. The van der Waals surface area contributed by atoms with Crippen LogP contribution in [0.1, 0.15) is 36.9 Å². The van der Waals surface area contributed by atoms with Crippen molar-refractivity contribution in [2.75, 3.05) is 5.32 Å². The van der Waals surface area contributed by atoms with Crippen LogP contribution in [0.15, 0.2) is 66.0 Å². The first-order valence-corrected chi connectivity index (χ1v) is 12.7. The van der Waals surface area contributed by atoms with Crippen LogP contribution in [0.5, 0.6) is 0 Å². The van der Waals surface area contributed by atoms with Gasteiger partial charge in [0.1, 0.15) is 0 Å². The Labute approximate surface area is 208 Å². The van der Waals surface area contributed by atoms with E-state index in [0.717, 1.165) is 44.0 Å². The molecule has 1 aliphatic heterocycles. The molecule has 2 fully saturated rings. The standard InChI is InChI=1S/C26H28N6O2S/c33-24-23(35-26(34)32-24)15-21-11-14-28-25(31-21)30-20-7-5-19(6-8-20)29-16-18-3-1-2-4-22(18)17-9-12-27-13-10-17/h1-4,9-15,19-20,26,29,34H,5-8,16H2,(H,32,33)(H,28,30,31)/b23-15-. The van der Waals surface area contributed by atoms with Gasteiger partial charge in [-0.3, -0.25) is 9.78 Å². The van der Waals surface area contributed by atoms with Crippen molar-refractivity contribution in [2.45, 2.75) is 49.9 Å². The van der Waals surface area contributed by atoms with Crippen LogP contribution in [0.25, 0.3) is 17.2 Å². The van der Waals surface area contributed by atoms with Crippen molar-refractivity contribution in [1.29, 1.82) is 0 Å². The van der Waals surface area contributed by atoms with Crippen LogP contribution in [-0.4, -0.2) is 43.6 Å². The smallest absolute Gasteiger partial charge is 0.260 e. The number of nitrogens with zero attached hydrogens (tertiary/aromatic N) is 3. The maximum Gasteiger partial charge on any atom is 0.260 e. The first-order chi connectivity index (χ1) is 17.1. The highest BCUT2D eigenvalue weighted by Crippen LogP contribution is 2.28. The van der Waals surface area contributed by atoms with Crippen LogP contribution >= 0.6 is 11.8 Å². The van der Waals surface area contributed by atoms with Crippen LogP contribution < -0.4 is 16.0 Å². The van der Waals surface area contributed by atoms with Gasteiger partial charge < -0.3 is 21.1 Å². The molecule has 4 N–H and O–H groups in total. The zero-order valence-corrected chi connectivity index (χ0v) is 20.0. The Morgan fingerprint density at radius 1 is 1.03 bits per heavy atom. The third-order valence-electron chi connectivity index (χ3n) is 6.32. The van der Waals surface area contributed by atoms with Crippen molar-refractivity contribution in [3.63, 3.8) is 0 Å². The van der Waals surface area contributed by atoms with Crippen molar-refractivity contribution in [1.82, 2.24) is 25.6 Å². The van der Waals surface area contributed by atoms with E-state index in [1.165, 1.54) is 16.7 Å². The molecule has 9 heteroatoms. The van der Waals surface area contributed by atoms with Gasteiger partial charge >= 0.3 is 0 Å². The van der Waals surface area contributed by atoms with Crippen LogP contribution in [-0.2, 0) is 11.3 Å². The summed E-state index contributed by atoms with van der Waals surface area (Å²) in [7, 11) is 0. The first kappa shape index (κ1) is 23.5. The van der Waals surface area contributed by atoms with E-state index in [0.29, 0.717) is 28.6 Å². The van der Waals surface area contributed by atoms with E-state index in [9.17, 15) is 9.90 Å². The molecule has 5 rings (SSSR count). The molecule has 3 aromatic rings. The van der Waals surface area contributed by atoms with Crippen molar-refractivity contribution in [3.05, 3.63) is 77.2 Å². The van der Waals surface area contributed by atoms with Crippen molar-refractivity contribution < 1.29 is 9.90 Å². The SMILES string of the molecule is O=C1NC(O)S/C1=C\c1ccnc(NC2CCC(NCc3ccccc3-c3ccncc3)CC2)n1. The highest BCUT2D eigenvalue weighted by molar-refractivity contribution is 8.05. The lowest BCUT2D eigenvalue weighted by atomic mass is 9.91. The normalized spacial score (nSPS) is 23.3. The van der Waals surface area contributed by atoms with Gasteiger partial charge in [-0.25, -0.2) is 9.97 Å². The number of nitrogens with one attached hydrogen (secondary N) is 3. The number of benzene rings is 1. The quantitative estimate of drug-likeness (QED) is 0.374. The Morgan fingerprint density at radius 2 is 1.80 bits per heavy atom. The summed E-state index contributed by atoms with van der Waals surface area (Å²) < 4.78 is 0. The molecule has 1 unspecified atom stereocenters. The van der Waals surface area contributed by atoms with Crippen LogP contribution in [0.3, 0.4) is 0 Å². The summed E-state index contributed by atoms with van der Waals surface area (Å²) in [5, 5.41) is 19.2. The van der Waals surface area contributed by atoms with Gasteiger partial charge in [0.05, 0.1) is 10.6 Å². The van der Waals surface area contributed by atoms with E-state index in [4.69, 9.17) is 0 Å². The molecule has 35 heavy (non-hydrogen) atoms. The Kier molecular flexibility index (Phi) is 7.37. The van der Waals surface area contributed by atoms with Crippen LogP contribution in [0.2, 0.25) is 0 Å². The van der Waals surface area contributed by atoms with Crippen molar-refractivity contribution in [3.8, 4) is 11.1 Å². The van der Waals surface area contributed by atoms with Gasteiger partial charge in [-0.2, -0.15) is 0 Å². The molecule has 8 nitrogen and oxygen atoms in total. The van der Waals surface area contributed by atoms with Crippen molar-refractivity contribution >= 4 is 29.7 Å². The summed E-state index contributed by atoms with van der Waals surface area (Å²) in [5.41, 5.74) is 3.46. The Bertz CT molecular complexity index is 1200. The van der Waals surface area contributed by atoms with E-state index in [-0.39, 0.29) is 5.91 Å². The predicted molar refractivity (Wildman–Crippen MR) is 138 cm³/mol. The Hall–Kier alpha value is -3.27. The average molecular weight is 489 g/mol. The van der Waals surface area contributed by atoms with Gasteiger partial charge in [0.2, 0.25) is 5.95 Å². The largest absolute Gasteiger partial charge is 0.364 e. The molecule has 0 spiro atoms. The summed E-state index contributed by atoms with van der Waals surface area (Å²) in [6.07, 6.45) is 11.2. The predicted octanol–water partition coefficient (Wildman–Crippen LogP) is 3.53. The maximum absolute atomic E-state index is 11.8. The van der Waals surface area contributed by atoms with Gasteiger partial charge in [-0.15, -0.1) is 0 Å². The fraction of sp³-hybridized carbons (Fsp3) is 0.308. The monoisotopic (exact) mass is 488 g/mol. The second-order valence-electron chi connectivity index (χ2n) is 8.72. The Balaban J connectivity index is 1.13. The molecule has 1 saturated heterocycles. The second-order valence-corrected chi connectivity index (χ2v) is 9.85. The third kappa shape index (κ3) is 6.05. The molecule has 3 heterocycles. The molecule has 0 bridgehead atoms. The number of amides is 1. The molecule has 0 radical (unpaired) electrons. The number of aliphatic hydroxyl groups is 1. The summed E-state index contributed by atoms with van der Waals surface area (Å²) in [6.45, 7) is 0.835. The molecular weight excluding hydrogens is 460 g/mol. The topological polar surface area (TPSA) is 112 Å². The van der Waals surface area contributed by atoms with Gasteiger partial charge in [0, 0.05) is 37.2 Å². The minimum absolute atomic E-state index is 0.287. The number of thioether (sulfide) groups is 1. The molecule has 1 aromatic carbocycles. The molecular formula is C26H28N6O2S. The number of rotatable bonds is 7. The average Bonchev–Trinajstić information content (AvgIpc) is 3.20. The number of aliphatic hydroxyl groups excluding tert-OH is 1. The lowest BCUT2D eigenvalue weighted by Crippen LogP contribution is -2.37. The van der Waals surface area contributed by atoms with E-state index in [1.807, 2.05) is 24.5 Å². The van der Waals surface area contributed by atoms with E-state index in [2.05, 4.69) is 55.2 Å². The number of carbonyl (C=O) groups excluding carboxylic acids is 1. The Morgan fingerprint density at radius 3 is 2.57 bits per heavy atom. The number of anilines is 1. The van der Waals surface area contributed by atoms with E-state index < -0.39 is 5.56 Å². The minimum Gasteiger partial charge on any atom is -0.364 e. The van der Waals surface area contributed by atoms with Crippen LogP contribution in [0, 0.1) is 0 Å². The highest BCUT2D eigenvalue weighted by Gasteiger charge is 2.25. The summed E-state index contributed by atoms with van der Waals surface area (Å²) in [5.74, 6) is 0.274. The zero-order valence-electron chi connectivity index (χ0n) is 19.2. The lowest BCUT2D eigenvalue weighted by molar-refractivity contribution is -0.117. The fourth-order valence-electron chi connectivity index (χ4n) is 4.51.